The van der Waals surface area contributed by atoms with Gasteiger partial charge in [-0.1, -0.05) is 0 Å². The SMILES string of the molecule is CCOC(=O)c1sc(NC(=O)NCC(F)(F)F)cc1C. The topological polar surface area (TPSA) is 67.4 Å². The molecular weight excluding hydrogens is 297 g/mol. The molecule has 0 fully saturated rings. The highest BCUT2D eigenvalue weighted by Gasteiger charge is 2.27. The molecule has 0 spiro atoms. The second-order valence-corrected chi connectivity index (χ2v) is 4.82. The molecule has 0 saturated carbocycles. The molecule has 5 nitrogen and oxygen atoms in total. The summed E-state index contributed by atoms with van der Waals surface area (Å²) in [5, 5.41) is 4.17. The molecule has 0 bridgehead atoms. The van der Waals surface area contributed by atoms with Crippen molar-refractivity contribution in [2.45, 2.75) is 20.0 Å². The van der Waals surface area contributed by atoms with E-state index in [4.69, 9.17) is 4.74 Å². The maximum atomic E-state index is 11.9. The van der Waals surface area contributed by atoms with Crippen LogP contribution < -0.4 is 10.6 Å². The largest absolute Gasteiger partial charge is 0.462 e. The molecule has 1 rings (SSSR count). The molecule has 0 aliphatic rings. The molecule has 1 aromatic heterocycles. The fraction of sp³-hybridized carbons (Fsp3) is 0.455. The Morgan fingerprint density at radius 3 is 2.60 bits per heavy atom. The Bertz CT molecular complexity index is 500. The second kappa shape index (κ2) is 6.60. The third kappa shape index (κ3) is 5.08. The number of ether oxygens (including phenoxy) is 1. The van der Waals surface area contributed by atoms with Gasteiger partial charge in [0.05, 0.1) is 11.6 Å². The van der Waals surface area contributed by atoms with Crippen molar-refractivity contribution in [3.8, 4) is 0 Å². The molecule has 0 aromatic carbocycles. The van der Waals surface area contributed by atoms with E-state index in [1.165, 1.54) is 6.07 Å². The summed E-state index contributed by atoms with van der Waals surface area (Å²) in [7, 11) is 0. The third-order valence-corrected chi connectivity index (χ3v) is 3.20. The Hall–Kier alpha value is -1.77. The zero-order valence-electron chi connectivity index (χ0n) is 10.8. The zero-order chi connectivity index (χ0) is 15.3. The number of hydrogen-bond donors (Lipinski definition) is 2. The van der Waals surface area contributed by atoms with Gasteiger partial charge in [0, 0.05) is 0 Å². The lowest BCUT2D eigenvalue weighted by molar-refractivity contribution is -0.122. The lowest BCUT2D eigenvalue weighted by Crippen LogP contribution is -2.36. The van der Waals surface area contributed by atoms with Crippen molar-refractivity contribution >= 4 is 28.3 Å². The molecular formula is C11H13F3N2O3S. The summed E-state index contributed by atoms with van der Waals surface area (Å²) in [6, 6.07) is 0.503. The van der Waals surface area contributed by atoms with Crippen molar-refractivity contribution in [1.29, 1.82) is 0 Å². The number of aryl methyl sites for hydroxylation is 1. The fourth-order valence-electron chi connectivity index (χ4n) is 1.28. The van der Waals surface area contributed by atoms with Crippen molar-refractivity contribution in [2.24, 2.45) is 0 Å². The molecule has 0 atom stereocenters. The van der Waals surface area contributed by atoms with E-state index in [0.717, 1.165) is 11.3 Å². The van der Waals surface area contributed by atoms with Crippen LogP contribution >= 0.6 is 11.3 Å². The number of alkyl halides is 3. The van der Waals surface area contributed by atoms with Gasteiger partial charge in [0.25, 0.3) is 0 Å². The standard InChI is InChI=1S/C11H13F3N2O3S/c1-3-19-9(17)8-6(2)4-7(20-8)16-10(18)15-5-11(12,13)14/h4H,3,5H2,1-2H3,(H2,15,16,18). The highest BCUT2D eigenvalue weighted by atomic mass is 32.1. The molecule has 0 radical (unpaired) electrons. The van der Waals surface area contributed by atoms with Gasteiger partial charge in [-0.25, -0.2) is 9.59 Å². The Morgan fingerprint density at radius 2 is 2.05 bits per heavy atom. The minimum atomic E-state index is -4.47. The van der Waals surface area contributed by atoms with Crippen LogP contribution in [0.15, 0.2) is 6.07 Å². The van der Waals surface area contributed by atoms with Crippen LogP contribution in [0.2, 0.25) is 0 Å². The number of anilines is 1. The zero-order valence-corrected chi connectivity index (χ0v) is 11.6. The highest BCUT2D eigenvalue weighted by Crippen LogP contribution is 2.27. The smallest absolute Gasteiger partial charge is 0.405 e. The van der Waals surface area contributed by atoms with E-state index in [1.807, 2.05) is 0 Å². The quantitative estimate of drug-likeness (QED) is 0.840. The Balaban J connectivity index is 2.63. The predicted molar refractivity (Wildman–Crippen MR) is 68.1 cm³/mol. The van der Waals surface area contributed by atoms with E-state index in [-0.39, 0.29) is 11.6 Å². The average Bonchev–Trinajstić information content (AvgIpc) is 2.67. The number of amides is 2. The molecule has 2 N–H and O–H groups in total. The van der Waals surface area contributed by atoms with E-state index >= 15 is 0 Å². The van der Waals surface area contributed by atoms with Crippen molar-refractivity contribution in [2.75, 3.05) is 18.5 Å². The Kier molecular flexibility index (Phi) is 5.37. The first-order valence-corrected chi connectivity index (χ1v) is 6.43. The number of carbonyl (C=O) groups excluding carboxylic acids is 2. The summed E-state index contributed by atoms with van der Waals surface area (Å²) in [5.41, 5.74) is 0.583. The summed E-state index contributed by atoms with van der Waals surface area (Å²) in [5.74, 6) is -0.529. The summed E-state index contributed by atoms with van der Waals surface area (Å²) < 4.78 is 40.6. The molecule has 20 heavy (non-hydrogen) atoms. The number of thiophene rings is 1. The predicted octanol–water partition coefficient (Wildman–Crippen LogP) is 2.92. The van der Waals surface area contributed by atoms with Crippen LogP contribution in [0.25, 0.3) is 0 Å². The monoisotopic (exact) mass is 310 g/mol. The van der Waals surface area contributed by atoms with Gasteiger partial charge in [0.2, 0.25) is 0 Å². The summed E-state index contributed by atoms with van der Waals surface area (Å²) in [6.45, 7) is 2.09. The van der Waals surface area contributed by atoms with E-state index in [9.17, 15) is 22.8 Å². The van der Waals surface area contributed by atoms with E-state index < -0.39 is 24.7 Å². The maximum absolute atomic E-state index is 11.9. The van der Waals surface area contributed by atoms with Crippen molar-refractivity contribution < 1.29 is 27.5 Å². The molecule has 9 heteroatoms. The molecule has 0 aliphatic heterocycles. The van der Waals surface area contributed by atoms with Crippen LogP contribution in [0, 0.1) is 6.92 Å². The summed E-state index contributed by atoms with van der Waals surface area (Å²) >= 11 is 0.941. The number of rotatable bonds is 4. The molecule has 1 heterocycles. The average molecular weight is 310 g/mol. The molecule has 112 valence electrons. The first-order chi connectivity index (χ1) is 9.23. The Labute approximate surface area is 117 Å². The number of carbonyl (C=O) groups is 2. The van der Waals surface area contributed by atoms with Crippen LogP contribution in [-0.2, 0) is 4.74 Å². The molecule has 2 amide bonds. The van der Waals surface area contributed by atoms with Gasteiger partial charge in [-0.2, -0.15) is 13.2 Å². The van der Waals surface area contributed by atoms with Gasteiger partial charge in [-0.3, -0.25) is 5.32 Å². The molecule has 1 aromatic rings. The van der Waals surface area contributed by atoms with Gasteiger partial charge >= 0.3 is 18.2 Å². The second-order valence-electron chi connectivity index (χ2n) is 3.77. The van der Waals surface area contributed by atoms with E-state index in [2.05, 4.69) is 5.32 Å². The normalized spacial score (nSPS) is 11.1. The lowest BCUT2D eigenvalue weighted by atomic mass is 10.3. The van der Waals surface area contributed by atoms with E-state index in [1.54, 1.807) is 19.2 Å². The minimum Gasteiger partial charge on any atom is -0.462 e. The number of hydrogen-bond acceptors (Lipinski definition) is 4. The third-order valence-electron chi connectivity index (χ3n) is 2.06. The van der Waals surface area contributed by atoms with Crippen LogP contribution in [0.4, 0.5) is 23.0 Å². The first kappa shape index (κ1) is 16.3. The number of nitrogens with one attached hydrogen (secondary N) is 2. The van der Waals surface area contributed by atoms with Crippen molar-refractivity contribution in [1.82, 2.24) is 5.32 Å². The maximum Gasteiger partial charge on any atom is 0.405 e. The summed E-state index contributed by atoms with van der Waals surface area (Å²) in [6.07, 6.45) is -4.47. The highest BCUT2D eigenvalue weighted by molar-refractivity contribution is 7.18. The fourth-order valence-corrected chi connectivity index (χ4v) is 2.24. The van der Waals surface area contributed by atoms with E-state index in [0.29, 0.717) is 10.4 Å². The van der Waals surface area contributed by atoms with Gasteiger partial charge in [-0.15, -0.1) is 11.3 Å². The molecule has 0 unspecified atom stereocenters. The van der Waals surface area contributed by atoms with Gasteiger partial charge in [0.1, 0.15) is 11.4 Å². The first-order valence-electron chi connectivity index (χ1n) is 5.62. The van der Waals surface area contributed by atoms with Crippen molar-refractivity contribution in [3.05, 3.63) is 16.5 Å². The van der Waals surface area contributed by atoms with Gasteiger partial charge in [0.15, 0.2) is 0 Å². The molecule has 0 aliphatic carbocycles. The molecule has 0 saturated heterocycles. The van der Waals surface area contributed by atoms with Crippen LogP contribution in [-0.4, -0.2) is 31.3 Å². The van der Waals surface area contributed by atoms with Crippen LogP contribution in [0.3, 0.4) is 0 Å². The minimum absolute atomic E-state index is 0.213. The van der Waals surface area contributed by atoms with Gasteiger partial charge < -0.3 is 10.1 Å². The summed E-state index contributed by atoms with van der Waals surface area (Å²) in [4.78, 5) is 23.1. The van der Waals surface area contributed by atoms with Crippen LogP contribution in [0.1, 0.15) is 22.2 Å². The number of esters is 1. The van der Waals surface area contributed by atoms with Gasteiger partial charge in [-0.05, 0) is 25.5 Å². The van der Waals surface area contributed by atoms with Crippen LogP contribution in [0.5, 0.6) is 0 Å². The van der Waals surface area contributed by atoms with Crippen molar-refractivity contribution in [3.63, 3.8) is 0 Å². The lowest BCUT2D eigenvalue weighted by Gasteiger charge is -2.08. The number of halogens is 3. The Morgan fingerprint density at radius 1 is 1.40 bits per heavy atom. The number of urea groups is 1.